The second-order valence-corrected chi connectivity index (χ2v) is 13.5. The summed E-state index contributed by atoms with van der Waals surface area (Å²) >= 11 is 0. The van der Waals surface area contributed by atoms with Crippen molar-refractivity contribution in [2.24, 2.45) is 17.6 Å². The van der Waals surface area contributed by atoms with E-state index in [1.807, 2.05) is 6.92 Å². The molecule has 0 radical (unpaired) electrons. The average Bonchev–Trinajstić information content (AvgIpc) is 3.85. The van der Waals surface area contributed by atoms with E-state index in [9.17, 15) is 24.0 Å². The molecule has 4 atom stereocenters. The van der Waals surface area contributed by atoms with Gasteiger partial charge in [-0.2, -0.15) is 0 Å². The third kappa shape index (κ3) is 6.86. The fourth-order valence-corrected chi connectivity index (χ4v) is 5.83. The molecule has 3 fully saturated rings. The van der Waals surface area contributed by atoms with Crippen molar-refractivity contribution in [3.05, 3.63) is 17.8 Å². The van der Waals surface area contributed by atoms with Crippen molar-refractivity contribution >= 4 is 35.4 Å². The maximum atomic E-state index is 14.3. The summed E-state index contributed by atoms with van der Waals surface area (Å²) in [6.07, 6.45) is 5.33. The van der Waals surface area contributed by atoms with Gasteiger partial charge in [0.05, 0.1) is 6.54 Å². The molecule has 5 rings (SSSR count). The molecule has 13 nitrogen and oxygen atoms in total. The summed E-state index contributed by atoms with van der Waals surface area (Å²) in [6.45, 7) is 6.82. The number of pyridine rings is 1. The Kier molecular flexibility index (Phi) is 8.03. The second-order valence-electron chi connectivity index (χ2n) is 13.5. The summed E-state index contributed by atoms with van der Waals surface area (Å²) in [5.41, 5.74) is 4.69. The summed E-state index contributed by atoms with van der Waals surface area (Å²) in [6, 6.07) is -1.21. The molecule has 0 aromatic carbocycles. The number of ether oxygens (including phenoxy) is 2. The standard InChI is InChI=1S/C30H42N6O7/c1-16-10-19-24(32-14-16)42-30(27(40)33-19)13-22(23(31)37)36(15-30)26(39)21(12-18-8-9-18)35(5)25(38)20(11-17-6-7-17)34-28(41)43-29(2,3)4/h10,14,17-18,20-22H,6-9,11-13,15H2,1-5H3,(H2,31,37)(H,33,40)(H,34,41)/t20-,21-,22-,30?/m0/s1. The molecule has 1 saturated heterocycles. The number of hydrogen-bond donors (Lipinski definition) is 3. The molecule has 2 aliphatic heterocycles. The Morgan fingerprint density at radius 3 is 2.47 bits per heavy atom. The molecule has 13 heteroatoms. The summed E-state index contributed by atoms with van der Waals surface area (Å²) in [7, 11) is 1.54. The van der Waals surface area contributed by atoms with E-state index in [0.717, 1.165) is 31.2 Å². The van der Waals surface area contributed by atoms with Crippen LogP contribution in [-0.2, 0) is 23.9 Å². The first-order chi connectivity index (χ1) is 20.2. The van der Waals surface area contributed by atoms with E-state index in [1.165, 1.54) is 9.80 Å². The number of rotatable bonds is 9. The predicted octanol–water partition coefficient (Wildman–Crippen LogP) is 1.87. The molecule has 1 spiro atoms. The quantitative estimate of drug-likeness (QED) is 0.386. The van der Waals surface area contributed by atoms with Gasteiger partial charge < -0.3 is 35.6 Å². The number of likely N-dealkylation sites (tertiary alicyclic amines) is 1. The molecular formula is C30H42N6O7. The molecule has 2 saturated carbocycles. The summed E-state index contributed by atoms with van der Waals surface area (Å²) in [5, 5.41) is 5.52. The van der Waals surface area contributed by atoms with Gasteiger partial charge >= 0.3 is 6.09 Å². The zero-order chi connectivity index (χ0) is 31.3. The maximum absolute atomic E-state index is 14.3. The van der Waals surface area contributed by atoms with Crippen LogP contribution in [-0.4, -0.2) is 87.4 Å². The maximum Gasteiger partial charge on any atom is 0.408 e. The van der Waals surface area contributed by atoms with Gasteiger partial charge in [-0.3, -0.25) is 19.2 Å². The first kappa shape index (κ1) is 30.6. The number of likely N-dealkylation sites (N-methyl/N-ethyl adjacent to an activating group) is 1. The van der Waals surface area contributed by atoms with Gasteiger partial charge in [-0.25, -0.2) is 9.78 Å². The van der Waals surface area contributed by atoms with E-state index in [0.29, 0.717) is 24.4 Å². The second kappa shape index (κ2) is 11.3. The number of alkyl carbamates (subject to hydrolysis) is 1. The minimum Gasteiger partial charge on any atom is -0.457 e. The molecule has 3 heterocycles. The Labute approximate surface area is 251 Å². The van der Waals surface area contributed by atoms with Gasteiger partial charge in [0, 0.05) is 19.7 Å². The first-order valence-corrected chi connectivity index (χ1v) is 15.0. The Morgan fingerprint density at radius 1 is 1.21 bits per heavy atom. The van der Waals surface area contributed by atoms with E-state index in [1.54, 1.807) is 40.1 Å². The molecule has 234 valence electrons. The van der Waals surface area contributed by atoms with Crippen molar-refractivity contribution in [3.8, 4) is 5.88 Å². The van der Waals surface area contributed by atoms with E-state index >= 15 is 0 Å². The van der Waals surface area contributed by atoms with Crippen molar-refractivity contribution in [2.45, 2.75) is 102 Å². The normalized spacial score (nSPS) is 24.3. The smallest absolute Gasteiger partial charge is 0.408 e. The Hall–Kier alpha value is -3.90. The van der Waals surface area contributed by atoms with Crippen molar-refractivity contribution in [2.75, 3.05) is 18.9 Å². The third-order valence-electron chi connectivity index (χ3n) is 8.49. The summed E-state index contributed by atoms with van der Waals surface area (Å²) in [4.78, 5) is 73.7. The number of carbonyl (C=O) groups is 5. The zero-order valence-corrected chi connectivity index (χ0v) is 25.5. The predicted molar refractivity (Wildman–Crippen MR) is 155 cm³/mol. The van der Waals surface area contributed by atoms with Gasteiger partial charge in [-0.05, 0) is 64.0 Å². The lowest BCUT2D eigenvalue weighted by molar-refractivity contribution is -0.148. The molecular weight excluding hydrogens is 556 g/mol. The third-order valence-corrected chi connectivity index (χ3v) is 8.49. The van der Waals surface area contributed by atoms with Crippen LogP contribution in [0.5, 0.6) is 5.88 Å². The number of nitrogens with two attached hydrogens (primary N) is 1. The molecule has 4 aliphatic rings. The van der Waals surface area contributed by atoms with E-state index in [4.69, 9.17) is 15.2 Å². The van der Waals surface area contributed by atoms with Gasteiger partial charge in [0.25, 0.3) is 5.91 Å². The highest BCUT2D eigenvalue weighted by Crippen LogP contribution is 2.41. The summed E-state index contributed by atoms with van der Waals surface area (Å²) < 4.78 is 11.5. The molecule has 0 bridgehead atoms. The molecule has 4 N–H and O–H groups in total. The van der Waals surface area contributed by atoms with E-state index < -0.39 is 59.0 Å². The lowest BCUT2D eigenvalue weighted by Crippen LogP contribution is -2.58. The zero-order valence-electron chi connectivity index (χ0n) is 25.5. The molecule has 1 aromatic rings. The Balaban J connectivity index is 1.38. The fraction of sp³-hybridized carbons (Fsp3) is 0.667. The topological polar surface area (TPSA) is 173 Å². The lowest BCUT2D eigenvalue weighted by atomic mass is 9.97. The number of nitrogens with zero attached hydrogens (tertiary/aromatic N) is 3. The molecule has 43 heavy (non-hydrogen) atoms. The van der Waals surface area contributed by atoms with Gasteiger partial charge in [0.15, 0.2) is 0 Å². The van der Waals surface area contributed by atoms with Crippen LogP contribution in [0.2, 0.25) is 0 Å². The monoisotopic (exact) mass is 598 g/mol. The number of nitrogens with one attached hydrogen (secondary N) is 2. The number of fused-ring (bicyclic) bond motifs is 1. The van der Waals surface area contributed by atoms with Crippen LogP contribution < -0.4 is 21.1 Å². The van der Waals surface area contributed by atoms with Crippen LogP contribution in [0.25, 0.3) is 0 Å². The first-order valence-electron chi connectivity index (χ1n) is 15.0. The van der Waals surface area contributed by atoms with E-state index in [-0.39, 0.29) is 24.8 Å². The Bertz CT molecular complexity index is 1320. The van der Waals surface area contributed by atoms with Crippen molar-refractivity contribution < 1.29 is 33.4 Å². The van der Waals surface area contributed by atoms with Crippen LogP contribution >= 0.6 is 0 Å². The molecule has 1 aromatic heterocycles. The van der Waals surface area contributed by atoms with Crippen LogP contribution in [0.4, 0.5) is 10.5 Å². The van der Waals surface area contributed by atoms with Gasteiger partial charge in [0.2, 0.25) is 29.2 Å². The average molecular weight is 599 g/mol. The summed E-state index contributed by atoms with van der Waals surface area (Å²) in [5.74, 6) is -1.45. The number of hydrogen-bond acceptors (Lipinski definition) is 8. The van der Waals surface area contributed by atoms with Crippen LogP contribution in [0, 0.1) is 18.8 Å². The van der Waals surface area contributed by atoms with Crippen LogP contribution in [0.3, 0.4) is 0 Å². The fourth-order valence-electron chi connectivity index (χ4n) is 5.83. The van der Waals surface area contributed by atoms with Crippen LogP contribution in [0.1, 0.15) is 71.3 Å². The molecule has 2 aliphatic carbocycles. The molecule has 1 unspecified atom stereocenters. The number of amides is 5. The number of aromatic nitrogens is 1. The van der Waals surface area contributed by atoms with Gasteiger partial charge in [-0.15, -0.1) is 0 Å². The van der Waals surface area contributed by atoms with Crippen molar-refractivity contribution in [1.29, 1.82) is 0 Å². The number of aryl methyl sites for hydroxylation is 1. The number of carbonyl (C=O) groups excluding carboxylic acids is 5. The van der Waals surface area contributed by atoms with Crippen LogP contribution in [0.15, 0.2) is 12.3 Å². The van der Waals surface area contributed by atoms with Gasteiger partial charge in [0.1, 0.15) is 29.4 Å². The highest BCUT2D eigenvalue weighted by Gasteiger charge is 2.58. The Morgan fingerprint density at radius 2 is 1.86 bits per heavy atom. The van der Waals surface area contributed by atoms with Crippen molar-refractivity contribution in [1.82, 2.24) is 20.1 Å². The molecule has 5 amide bonds. The minimum absolute atomic E-state index is 0.146. The number of anilines is 1. The largest absolute Gasteiger partial charge is 0.457 e. The van der Waals surface area contributed by atoms with Gasteiger partial charge in [-0.1, -0.05) is 25.7 Å². The SMILES string of the molecule is Cc1cnc2c(c1)NC(=O)C1(C[C@@H](C(N)=O)N(C(=O)[C@H](CC3CC3)N(C)C(=O)[C@H](CC3CC3)NC(=O)OC(C)(C)C)C1)O2. The van der Waals surface area contributed by atoms with E-state index in [2.05, 4.69) is 15.6 Å². The highest BCUT2D eigenvalue weighted by atomic mass is 16.6. The lowest BCUT2D eigenvalue weighted by Gasteiger charge is -2.36. The highest BCUT2D eigenvalue weighted by molar-refractivity contribution is 6.03. The number of primary amides is 1. The minimum atomic E-state index is -1.57. The van der Waals surface area contributed by atoms with Crippen molar-refractivity contribution in [3.63, 3.8) is 0 Å².